The Balaban J connectivity index is 2.00. The molecule has 0 aliphatic heterocycles. The molecule has 0 saturated heterocycles. The lowest BCUT2D eigenvalue weighted by atomic mass is 10.2. The summed E-state index contributed by atoms with van der Waals surface area (Å²) in [6.07, 6.45) is 3.27. The molecule has 0 aliphatic rings. The third-order valence-electron chi connectivity index (χ3n) is 2.34. The molecule has 0 aromatic carbocycles. The SMILES string of the molecule is N#CCc1cc(C(=O)NCc2ccco2)ccn1. The molecule has 0 atom stereocenters. The topological polar surface area (TPSA) is 78.9 Å². The first-order chi connectivity index (χ1) is 8.79. The number of hydrogen-bond acceptors (Lipinski definition) is 4. The van der Waals surface area contributed by atoms with Gasteiger partial charge in [0.15, 0.2) is 0 Å². The first-order valence-electron chi connectivity index (χ1n) is 5.42. The highest BCUT2D eigenvalue weighted by Gasteiger charge is 2.07. The van der Waals surface area contributed by atoms with E-state index >= 15 is 0 Å². The molecule has 5 nitrogen and oxygen atoms in total. The second-order valence-electron chi connectivity index (χ2n) is 3.63. The smallest absolute Gasteiger partial charge is 0.251 e. The number of furan rings is 1. The van der Waals surface area contributed by atoms with E-state index in [-0.39, 0.29) is 12.3 Å². The van der Waals surface area contributed by atoms with Crippen molar-refractivity contribution in [3.63, 3.8) is 0 Å². The maximum Gasteiger partial charge on any atom is 0.251 e. The maximum atomic E-state index is 11.8. The van der Waals surface area contributed by atoms with Crippen LogP contribution in [-0.2, 0) is 13.0 Å². The number of aromatic nitrogens is 1. The van der Waals surface area contributed by atoms with E-state index in [0.717, 1.165) is 0 Å². The van der Waals surface area contributed by atoms with Gasteiger partial charge in [-0.25, -0.2) is 0 Å². The van der Waals surface area contributed by atoms with Crippen LogP contribution in [-0.4, -0.2) is 10.9 Å². The molecule has 5 heteroatoms. The normalized spacial score (nSPS) is 9.72. The van der Waals surface area contributed by atoms with E-state index in [4.69, 9.17) is 9.68 Å². The Hall–Kier alpha value is -2.61. The molecule has 2 aromatic heterocycles. The summed E-state index contributed by atoms with van der Waals surface area (Å²) in [5, 5.41) is 11.3. The molecule has 0 fully saturated rings. The van der Waals surface area contributed by atoms with Gasteiger partial charge >= 0.3 is 0 Å². The fourth-order valence-electron chi connectivity index (χ4n) is 1.48. The molecule has 2 aromatic rings. The van der Waals surface area contributed by atoms with E-state index in [9.17, 15) is 4.79 Å². The number of amides is 1. The first kappa shape index (κ1) is 11.9. The van der Waals surface area contributed by atoms with Gasteiger partial charge in [0, 0.05) is 11.8 Å². The van der Waals surface area contributed by atoms with E-state index in [0.29, 0.717) is 23.6 Å². The number of nitrogens with zero attached hydrogens (tertiary/aromatic N) is 2. The lowest BCUT2D eigenvalue weighted by Crippen LogP contribution is -2.22. The Bertz CT molecular complexity index is 570. The Kier molecular flexibility index (Phi) is 3.72. The Morgan fingerprint density at radius 2 is 2.39 bits per heavy atom. The summed E-state index contributed by atoms with van der Waals surface area (Å²) in [7, 11) is 0. The Morgan fingerprint density at radius 1 is 1.50 bits per heavy atom. The summed E-state index contributed by atoms with van der Waals surface area (Å²) in [5.74, 6) is 0.475. The van der Waals surface area contributed by atoms with E-state index < -0.39 is 0 Å². The number of carbonyl (C=O) groups excluding carboxylic acids is 1. The van der Waals surface area contributed by atoms with Gasteiger partial charge in [-0.15, -0.1) is 0 Å². The van der Waals surface area contributed by atoms with Crippen molar-refractivity contribution in [2.24, 2.45) is 0 Å². The van der Waals surface area contributed by atoms with Gasteiger partial charge in [-0.3, -0.25) is 9.78 Å². The maximum absolute atomic E-state index is 11.8. The number of carbonyl (C=O) groups is 1. The lowest BCUT2D eigenvalue weighted by molar-refractivity contribution is 0.0948. The number of nitriles is 1. The van der Waals surface area contributed by atoms with Crippen LogP contribution in [0.4, 0.5) is 0 Å². The number of rotatable bonds is 4. The van der Waals surface area contributed by atoms with Crippen molar-refractivity contribution in [3.8, 4) is 6.07 Å². The van der Waals surface area contributed by atoms with Gasteiger partial charge in [0.1, 0.15) is 5.76 Å². The minimum atomic E-state index is -0.215. The third kappa shape index (κ3) is 2.95. The van der Waals surface area contributed by atoms with E-state index in [1.54, 1.807) is 30.5 Å². The lowest BCUT2D eigenvalue weighted by Gasteiger charge is -2.04. The fraction of sp³-hybridized carbons (Fsp3) is 0.154. The molecule has 0 unspecified atom stereocenters. The van der Waals surface area contributed by atoms with Crippen LogP contribution in [0, 0.1) is 11.3 Å². The number of nitrogens with one attached hydrogen (secondary N) is 1. The van der Waals surface area contributed by atoms with Gasteiger partial charge in [-0.05, 0) is 24.3 Å². The van der Waals surface area contributed by atoms with Crippen LogP contribution in [0.5, 0.6) is 0 Å². The minimum Gasteiger partial charge on any atom is -0.467 e. The van der Waals surface area contributed by atoms with Crippen molar-refractivity contribution in [1.29, 1.82) is 5.26 Å². The highest BCUT2D eigenvalue weighted by atomic mass is 16.3. The van der Waals surface area contributed by atoms with Crippen molar-refractivity contribution >= 4 is 5.91 Å². The van der Waals surface area contributed by atoms with Crippen LogP contribution in [0.3, 0.4) is 0 Å². The molecule has 90 valence electrons. The van der Waals surface area contributed by atoms with Crippen LogP contribution in [0.2, 0.25) is 0 Å². The van der Waals surface area contributed by atoms with Crippen LogP contribution in [0.25, 0.3) is 0 Å². The molecule has 0 radical (unpaired) electrons. The molecule has 1 amide bonds. The minimum absolute atomic E-state index is 0.194. The summed E-state index contributed by atoms with van der Waals surface area (Å²) in [6.45, 7) is 0.335. The standard InChI is InChI=1S/C13H11N3O2/c14-5-3-11-8-10(4-6-15-11)13(17)16-9-12-2-1-7-18-12/h1-2,4,6-8H,3,9H2,(H,16,17). The zero-order valence-corrected chi connectivity index (χ0v) is 9.59. The molecule has 2 heterocycles. The molecule has 0 bridgehead atoms. The first-order valence-corrected chi connectivity index (χ1v) is 5.42. The van der Waals surface area contributed by atoms with E-state index in [2.05, 4.69) is 10.3 Å². The second-order valence-corrected chi connectivity index (χ2v) is 3.63. The van der Waals surface area contributed by atoms with Crippen LogP contribution < -0.4 is 5.32 Å². The average Bonchev–Trinajstić information content (AvgIpc) is 2.90. The summed E-state index contributed by atoms with van der Waals surface area (Å²) in [5.41, 5.74) is 1.07. The summed E-state index contributed by atoms with van der Waals surface area (Å²) < 4.78 is 5.11. The van der Waals surface area contributed by atoms with Crippen molar-refractivity contribution in [1.82, 2.24) is 10.3 Å². The summed E-state index contributed by atoms with van der Waals surface area (Å²) in [6, 6.07) is 8.77. The summed E-state index contributed by atoms with van der Waals surface area (Å²) in [4.78, 5) is 15.8. The zero-order valence-electron chi connectivity index (χ0n) is 9.59. The quantitative estimate of drug-likeness (QED) is 0.883. The van der Waals surface area contributed by atoms with Gasteiger partial charge in [-0.2, -0.15) is 5.26 Å². The highest BCUT2D eigenvalue weighted by Crippen LogP contribution is 2.04. The predicted molar refractivity (Wildman–Crippen MR) is 63.4 cm³/mol. The van der Waals surface area contributed by atoms with Gasteiger partial charge in [-0.1, -0.05) is 0 Å². The molecule has 18 heavy (non-hydrogen) atoms. The average molecular weight is 241 g/mol. The third-order valence-corrected chi connectivity index (χ3v) is 2.34. The van der Waals surface area contributed by atoms with Gasteiger partial charge < -0.3 is 9.73 Å². The van der Waals surface area contributed by atoms with Gasteiger partial charge in [0.05, 0.1) is 31.0 Å². The second kappa shape index (κ2) is 5.64. The van der Waals surface area contributed by atoms with Crippen molar-refractivity contribution in [2.75, 3.05) is 0 Å². The molecule has 0 aliphatic carbocycles. The van der Waals surface area contributed by atoms with Crippen molar-refractivity contribution < 1.29 is 9.21 Å². The predicted octanol–water partition coefficient (Wildman–Crippen LogP) is 1.67. The molecule has 0 saturated carbocycles. The van der Waals surface area contributed by atoms with Crippen molar-refractivity contribution in [2.45, 2.75) is 13.0 Å². The Labute approximate surface area is 104 Å². The fourth-order valence-corrected chi connectivity index (χ4v) is 1.48. The van der Waals surface area contributed by atoms with Gasteiger partial charge in [0.25, 0.3) is 5.91 Å². The van der Waals surface area contributed by atoms with Crippen molar-refractivity contribution in [3.05, 3.63) is 53.7 Å². The van der Waals surface area contributed by atoms with Gasteiger partial charge in [0.2, 0.25) is 0 Å². The number of pyridine rings is 1. The van der Waals surface area contributed by atoms with Crippen LogP contribution in [0.1, 0.15) is 21.8 Å². The zero-order chi connectivity index (χ0) is 12.8. The monoisotopic (exact) mass is 241 g/mol. The van der Waals surface area contributed by atoms with E-state index in [1.807, 2.05) is 6.07 Å². The highest BCUT2D eigenvalue weighted by molar-refractivity contribution is 5.94. The molecular formula is C13H11N3O2. The van der Waals surface area contributed by atoms with E-state index in [1.165, 1.54) is 6.20 Å². The molecule has 1 N–H and O–H groups in total. The largest absolute Gasteiger partial charge is 0.467 e. The van der Waals surface area contributed by atoms with Crippen LogP contribution in [0.15, 0.2) is 41.1 Å². The molecule has 0 spiro atoms. The number of hydrogen-bond donors (Lipinski definition) is 1. The molecule has 2 rings (SSSR count). The van der Waals surface area contributed by atoms with Crippen LogP contribution >= 0.6 is 0 Å². The summed E-state index contributed by atoms with van der Waals surface area (Å²) >= 11 is 0. The molecular weight excluding hydrogens is 230 g/mol. The Morgan fingerprint density at radius 3 is 3.11 bits per heavy atom.